The van der Waals surface area contributed by atoms with Gasteiger partial charge >= 0.3 is 0 Å². The quantitative estimate of drug-likeness (QED) is 0.822. The lowest BCUT2D eigenvalue weighted by Crippen LogP contribution is -2.15. The summed E-state index contributed by atoms with van der Waals surface area (Å²) in [5.74, 6) is 0.122. The van der Waals surface area contributed by atoms with Gasteiger partial charge in [-0.2, -0.15) is 0 Å². The van der Waals surface area contributed by atoms with E-state index in [1.54, 1.807) is 6.92 Å². The topological polar surface area (TPSA) is 72.2 Å². The predicted molar refractivity (Wildman–Crippen MR) is 104 cm³/mol. The highest BCUT2D eigenvalue weighted by Crippen LogP contribution is 2.29. The van der Waals surface area contributed by atoms with Gasteiger partial charge in [0.2, 0.25) is 10.0 Å². The van der Waals surface area contributed by atoms with Crippen molar-refractivity contribution in [1.82, 2.24) is 0 Å². The normalized spacial score (nSPS) is 15.1. The van der Waals surface area contributed by atoms with E-state index >= 15 is 0 Å². The molecule has 0 amide bonds. The Hall–Kier alpha value is -2.01. The average Bonchev–Trinajstić information content (AvgIpc) is 3.25. The Morgan fingerprint density at radius 1 is 0.920 bits per heavy atom. The van der Waals surface area contributed by atoms with Gasteiger partial charge in [0.25, 0.3) is 0 Å². The molecular weight excluding hydrogens is 332 g/mol. The van der Waals surface area contributed by atoms with Crippen LogP contribution in [0, 0.1) is 0 Å². The second-order valence-electron chi connectivity index (χ2n) is 6.64. The first kappa shape index (κ1) is 17.8. The van der Waals surface area contributed by atoms with Gasteiger partial charge in [-0.3, -0.25) is 4.72 Å². The maximum Gasteiger partial charge on any atom is 0.232 e. The molecule has 2 aliphatic carbocycles. The molecule has 2 aromatic rings. The van der Waals surface area contributed by atoms with Crippen LogP contribution < -0.4 is 10.5 Å². The number of hydrogen-bond acceptors (Lipinski definition) is 3. The van der Waals surface area contributed by atoms with E-state index in [9.17, 15) is 8.42 Å². The van der Waals surface area contributed by atoms with Crippen molar-refractivity contribution in [3.8, 4) is 0 Å². The largest absolute Gasteiger partial charge is 0.398 e. The zero-order valence-corrected chi connectivity index (χ0v) is 15.5. The summed E-state index contributed by atoms with van der Waals surface area (Å²) >= 11 is 0. The van der Waals surface area contributed by atoms with Crippen LogP contribution in [0.25, 0.3) is 0 Å². The molecule has 2 aliphatic rings. The van der Waals surface area contributed by atoms with Gasteiger partial charge in [-0.25, -0.2) is 8.42 Å². The fourth-order valence-electron chi connectivity index (χ4n) is 3.60. The molecule has 0 unspecified atom stereocenters. The van der Waals surface area contributed by atoms with Gasteiger partial charge in [0.15, 0.2) is 0 Å². The zero-order chi connectivity index (χ0) is 17.9. The minimum Gasteiger partial charge on any atom is -0.398 e. The van der Waals surface area contributed by atoms with Crippen molar-refractivity contribution < 1.29 is 8.42 Å². The number of fused-ring (bicyclic) bond motifs is 2. The molecule has 134 valence electrons. The fraction of sp³-hybridized carbons (Fsp3) is 0.400. The standard InChI is InChI=1S/C11H15NO2S.C9H11N/c1-2-15(13,14)12-11-8-4-6-9-5-3-7-10(9)11;10-9-6-2-4-7-3-1-5-8(7)9/h4,6,8,12H,2-3,5,7H2,1H3;2,4,6H,1,3,5,10H2. The summed E-state index contributed by atoms with van der Waals surface area (Å²) in [6.07, 6.45) is 6.86. The van der Waals surface area contributed by atoms with E-state index in [2.05, 4.69) is 16.9 Å². The highest BCUT2D eigenvalue weighted by molar-refractivity contribution is 7.92. The number of benzene rings is 2. The number of aryl methyl sites for hydroxylation is 2. The lowest BCUT2D eigenvalue weighted by molar-refractivity contribution is 0.602. The maximum atomic E-state index is 11.5. The molecule has 5 heteroatoms. The number of rotatable bonds is 3. The van der Waals surface area contributed by atoms with E-state index in [1.807, 2.05) is 24.3 Å². The van der Waals surface area contributed by atoms with Gasteiger partial charge < -0.3 is 5.73 Å². The van der Waals surface area contributed by atoms with Crippen molar-refractivity contribution in [3.63, 3.8) is 0 Å². The highest BCUT2D eigenvalue weighted by Gasteiger charge is 2.17. The summed E-state index contributed by atoms with van der Waals surface area (Å²) in [5, 5.41) is 0. The van der Waals surface area contributed by atoms with Crippen LogP contribution in [0.2, 0.25) is 0 Å². The minimum atomic E-state index is -3.14. The molecule has 0 radical (unpaired) electrons. The van der Waals surface area contributed by atoms with Crippen LogP contribution in [0.1, 0.15) is 42.0 Å². The van der Waals surface area contributed by atoms with Crippen LogP contribution in [0.5, 0.6) is 0 Å². The van der Waals surface area contributed by atoms with Crippen LogP contribution in [-0.2, 0) is 35.7 Å². The molecule has 0 heterocycles. The summed E-state index contributed by atoms with van der Waals surface area (Å²) in [5.41, 5.74) is 12.8. The Morgan fingerprint density at radius 2 is 1.52 bits per heavy atom. The Kier molecular flexibility index (Phi) is 5.33. The minimum absolute atomic E-state index is 0.122. The maximum absolute atomic E-state index is 11.5. The van der Waals surface area contributed by atoms with Crippen molar-refractivity contribution in [2.45, 2.75) is 45.4 Å². The Labute approximate surface area is 150 Å². The average molecular weight is 359 g/mol. The molecule has 0 bridgehead atoms. The molecule has 0 saturated carbocycles. The number of nitrogens with one attached hydrogen (secondary N) is 1. The van der Waals surface area contributed by atoms with Gasteiger partial charge in [-0.05, 0) is 79.8 Å². The molecule has 0 atom stereocenters. The van der Waals surface area contributed by atoms with Crippen molar-refractivity contribution in [3.05, 3.63) is 58.7 Å². The monoisotopic (exact) mass is 358 g/mol. The summed E-state index contributed by atoms with van der Waals surface area (Å²) in [4.78, 5) is 0. The van der Waals surface area contributed by atoms with Gasteiger partial charge in [0.1, 0.15) is 0 Å². The van der Waals surface area contributed by atoms with E-state index in [-0.39, 0.29) is 5.75 Å². The number of nitrogens with two attached hydrogens (primary N) is 1. The molecule has 4 rings (SSSR count). The third-order valence-electron chi connectivity index (χ3n) is 4.97. The van der Waals surface area contributed by atoms with E-state index in [0.29, 0.717) is 0 Å². The van der Waals surface area contributed by atoms with Gasteiger partial charge in [-0.15, -0.1) is 0 Å². The molecule has 4 nitrogen and oxygen atoms in total. The van der Waals surface area contributed by atoms with Gasteiger partial charge in [0, 0.05) is 5.69 Å². The van der Waals surface area contributed by atoms with Crippen LogP contribution in [-0.4, -0.2) is 14.2 Å². The SMILES string of the molecule is CCS(=O)(=O)Nc1cccc2c1CCC2.Nc1cccc2c1CCC2. The zero-order valence-electron chi connectivity index (χ0n) is 14.7. The van der Waals surface area contributed by atoms with E-state index in [4.69, 9.17) is 5.73 Å². The second-order valence-corrected chi connectivity index (χ2v) is 8.65. The molecule has 25 heavy (non-hydrogen) atoms. The molecule has 0 aromatic heterocycles. The Morgan fingerprint density at radius 3 is 2.16 bits per heavy atom. The van der Waals surface area contributed by atoms with Crippen molar-refractivity contribution in [2.75, 3.05) is 16.2 Å². The fourth-order valence-corrected chi connectivity index (χ4v) is 4.27. The first-order valence-corrected chi connectivity index (χ1v) is 10.6. The van der Waals surface area contributed by atoms with Crippen LogP contribution in [0.3, 0.4) is 0 Å². The van der Waals surface area contributed by atoms with Gasteiger partial charge in [-0.1, -0.05) is 24.3 Å². The first-order chi connectivity index (χ1) is 12.0. The Bertz CT molecular complexity index is 860. The Balaban J connectivity index is 0.000000157. The van der Waals surface area contributed by atoms with Crippen molar-refractivity contribution >= 4 is 21.4 Å². The third kappa shape index (κ3) is 4.15. The van der Waals surface area contributed by atoms with Crippen LogP contribution in [0.15, 0.2) is 36.4 Å². The van der Waals surface area contributed by atoms with E-state index in [0.717, 1.165) is 30.6 Å². The molecule has 2 aromatic carbocycles. The van der Waals surface area contributed by atoms with E-state index in [1.165, 1.54) is 41.5 Å². The molecular formula is C20H26N2O2S. The van der Waals surface area contributed by atoms with Crippen molar-refractivity contribution in [1.29, 1.82) is 0 Å². The summed E-state index contributed by atoms with van der Waals surface area (Å²) < 4.78 is 25.6. The molecule has 0 aliphatic heterocycles. The summed E-state index contributed by atoms with van der Waals surface area (Å²) in [6, 6.07) is 12.0. The second kappa shape index (κ2) is 7.48. The lowest BCUT2D eigenvalue weighted by Gasteiger charge is -2.10. The highest BCUT2D eigenvalue weighted by atomic mass is 32.2. The number of hydrogen-bond donors (Lipinski definition) is 2. The molecule has 0 fully saturated rings. The smallest absolute Gasteiger partial charge is 0.232 e. The number of nitrogen functional groups attached to an aromatic ring is 1. The van der Waals surface area contributed by atoms with Crippen molar-refractivity contribution in [2.24, 2.45) is 0 Å². The lowest BCUT2D eigenvalue weighted by atomic mass is 10.1. The summed E-state index contributed by atoms with van der Waals surface area (Å²) in [7, 11) is -3.14. The van der Waals surface area contributed by atoms with E-state index < -0.39 is 10.0 Å². The van der Waals surface area contributed by atoms with Crippen LogP contribution >= 0.6 is 0 Å². The van der Waals surface area contributed by atoms with Gasteiger partial charge in [0.05, 0.1) is 11.4 Å². The molecule has 3 N–H and O–H groups in total. The first-order valence-electron chi connectivity index (χ1n) is 8.97. The number of sulfonamides is 1. The number of anilines is 2. The third-order valence-corrected chi connectivity index (χ3v) is 6.26. The molecule has 0 spiro atoms. The predicted octanol–water partition coefficient (Wildman–Crippen LogP) is 3.69. The van der Waals surface area contributed by atoms with Crippen LogP contribution in [0.4, 0.5) is 11.4 Å². The summed E-state index contributed by atoms with van der Waals surface area (Å²) in [6.45, 7) is 1.64. The molecule has 0 saturated heterocycles.